The maximum atomic E-state index is 14.5. The standard InChI is InChI=1S/C24H24FN5O2.C21H21FN4O.C4H5ClO.C2HF3O.C2H6/c25-20-4-5-21-18(9-12-32-21)17(20)3-6-22-26-13-19(23-28-27-14-30(22)23)15-7-10-29(11-8-15)24(31)16-1-2-16;22-18-7-8-19-16(10-11-27-19)15(18)6-9-20-23-12-17(14-4-2-1-3-5-14)21-25-24-13-26(20)21;5-4(6)3-1-2-3;3-2(4,5)1-6;1-2/h4-5,7,13-14,16H,1-3,6,8-12H2;4,7-8,12-13H,1-3,5-6,9-11H2;3H,1-2H2;1H;1-2H3/i;;;;1D. The molecule has 0 atom stereocenters. The topological polar surface area (TPSA) is 159 Å². The molecule has 6 aromatic rings. The van der Waals surface area contributed by atoms with E-state index in [0.29, 0.717) is 57.9 Å². The van der Waals surface area contributed by atoms with Gasteiger partial charge in [-0.3, -0.25) is 23.2 Å². The van der Waals surface area contributed by atoms with E-state index < -0.39 is 12.5 Å². The van der Waals surface area contributed by atoms with Gasteiger partial charge in [0.05, 0.1) is 13.2 Å². The molecule has 1 amide bonds. The molecule has 0 saturated heterocycles. The molecule has 73 heavy (non-hydrogen) atoms. The fourth-order valence-electron chi connectivity index (χ4n) is 9.30. The molecule has 2 aromatic carbocycles. The number of hydrogen-bond donors (Lipinski definition) is 0. The second-order valence-electron chi connectivity index (χ2n) is 18.2. The molecule has 6 aliphatic rings. The number of aromatic nitrogens is 8. The number of nitrogens with zero attached hydrogens (tertiary/aromatic N) is 9. The Morgan fingerprint density at radius 3 is 1.67 bits per heavy atom. The molecule has 0 spiro atoms. The lowest BCUT2D eigenvalue weighted by Crippen LogP contribution is -2.35. The molecule has 0 N–H and O–H groups in total. The van der Waals surface area contributed by atoms with Crippen LogP contribution in [-0.4, -0.2) is 94.0 Å². The van der Waals surface area contributed by atoms with Crippen LogP contribution in [0.15, 0.2) is 61.5 Å². The van der Waals surface area contributed by atoms with Crippen molar-refractivity contribution in [3.05, 3.63) is 118 Å². The number of alkyl halides is 3. The van der Waals surface area contributed by atoms with Crippen molar-refractivity contribution in [2.75, 3.05) is 26.3 Å². The summed E-state index contributed by atoms with van der Waals surface area (Å²) < 4.78 is 81.4. The molecule has 0 bridgehead atoms. The first-order valence-corrected chi connectivity index (χ1v) is 25.1. The Morgan fingerprint density at radius 1 is 0.753 bits per heavy atom. The number of allylic oxidation sites excluding steroid dienone is 2. The number of fused-ring (bicyclic) bond motifs is 4. The van der Waals surface area contributed by atoms with Gasteiger partial charge < -0.3 is 14.4 Å². The van der Waals surface area contributed by atoms with Crippen LogP contribution in [0.5, 0.6) is 11.5 Å². The molecule has 386 valence electrons. The Kier molecular flexibility index (Phi) is 16.8. The fourth-order valence-corrected chi connectivity index (χ4v) is 9.51. The predicted octanol–water partition coefficient (Wildman–Crippen LogP) is 9.89. The van der Waals surface area contributed by atoms with Gasteiger partial charge in [0.15, 0.2) is 11.3 Å². The van der Waals surface area contributed by atoms with E-state index in [4.69, 9.17) is 32.2 Å². The molecule has 12 rings (SSSR count). The summed E-state index contributed by atoms with van der Waals surface area (Å²) in [6.45, 7) is 4.88. The number of aryl methyl sites for hydroxylation is 2. The molecular formula is C53H57ClF5N9O5. The maximum Gasteiger partial charge on any atom is 0.446 e. The molecule has 0 radical (unpaired) electrons. The van der Waals surface area contributed by atoms with Crippen LogP contribution in [0.4, 0.5) is 22.0 Å². The smallest absolute Gasteiger partial charge is 0.446 e. The largest absolute Gasteiger partial charge is 0.493 e. The van der Waals surface area contributed by atoms with Gasteiger partial charge in [-0.05, 0) is 129 Å². The van der Waals surface area contributed by atoms with E-state index in [9.17, 15) is 31.5 Å². The van der Waals surface area contributed by atoms with E-state index in [0.717, 1.165) is 132 Å². The number of rotatable bonds is 10. The monoisotopic (exact) mass is 1030 g/mol. The predicted molar refractivity (Wildman–Crippen MR) is 263 cm³/mol. The van der Waals surface area contributed by atoms with Crippen molar-refractivity contribution in [2.24, 2.45) is 11.8 Å². The molecule has 4 aromatic heterocycles. The van der Waals surface area contributed by atoms with Crippen LogP contribution in [0, 0.1) is 23.5 Å². The number of amides is 1. The number of carbonyl (C=O) groups is 3. The number of aldehydes is 1. The van der Waals surface area contributed by atoms with Gasteiger partial charge in [0.1, 0.15) is 47.4 Å². The summed E-state index contributed by atoms with van der Waals surface area (Å²) >= 11 is 5.04. The fraction of sp³-hybridized carbons (Fsp3) is 0.453. The van der Waals surface area contributed by atoms with Crippen LogP contribution >= 0.6 is 11.6 Å². The summed E-state index contributed by atoms with van der Waals surface area (Å²) in [4.78, 5) is 42.3. The highest BCUT2D eigenvalue weighted by Crippen LogP contribution is 2.36. The van der Waals surface area contributed by atoms with Gasteiger partial charge in [-0.25, -0.2) is 18.7 Å². The quantitative estimate of drug-likeness (QED) is 0.0730. The highest BCUT2D eigenvalue weighted by molar-refractivity contribution is 6.64. The lowest BCUT2D eigenvalue weighted by Gasteiger charge is -2.26. The molecule has 7 heterocycles. The first-order valence-electron chi connectivity index (χ1n) is 25.4. The Morgan fingerprint density at radius 2 is 1.26 bits per heavy atom. The summed E-state index contributed by atoms with van der Waals surface area (Å²) in [5.41, 5.74) is 9.49. The van der Waals surface area contributed by atoms with Crippen molar-refractivity contribution in [1.82, 2.24) is 44.1 Å². The van der Waals surface area contributed by atoms with Crippen LogP contribution in [0.1, 0.15) is 118 Å². The van der Waals surface area contributed by atoms with Crippen molar-refractivity contribution in [2.45, 2.75) is 116 Å². The lowest BCUT2D eigenvalue weighted by molar-refractivity contribution is -0.156. The molecular weight excluding hydrogens is 973 g/mol. The van der Waals surface area contributed by atoms with Gasteiger partial charge in [-0.2, -0.15) is 13.2 Å². The molecule has 2 saturated carbocycles. The van der Waals surface area contributed by atoms with Crippen molar-refractivity contribution in [1.29, 1.82) is 0 Å². The molecule has 3 aliphatic heterocycles. The van der Waals surface area contributed by atoms with Gasteiger partial charge in [-0.15, -0.1) is 20.4 Å². The molecule has 20 heteroatoms. The van der Waals surface area contributed by atoms with Crippen molar-refractivity contribution in [3.8, 4) is 11.5 Å². The molecule has 3 aliphatic carbocycles. The van der Waals surface area contributed by atoms with Crippen LogP contribution < -0.4 is 9.47 Å². The molecule has 2 fully saturated rings. The third kappa shape index (κ3) is 13.0. The van der Waals surface area contributed by atoms with Gasteiger partial charge in [0, 0.05) is 86.6 Å². The van der Waals surface area contributed by atoms with Crippen LogP contribution in [0.3, 0.4) is 0 Å². The Bertz CT molecular complexity index is 3050. The van der Waals surface area contributed by atoms with E-state index in [1.165, 1.54) is 30.5 Å². The van der Waals surface area contributed by atoms with Gasteiger partial charge in [0.25, 0.3) is 0 Å². The van der Waals surface area contributed by atoms with Gasteiger partial charge >= 0.3 is 6.18 Å². The van der Waals surface area contributed by atoms with E-state index in [1.807, 2.05) is 26.1 Å². The number of ether oxygens (including phenoxy) is 2. The Balaban J connectivity index is 0.000000156. The number of benzene rings is 2. The maximum absolute atomic E-state index is 14.5. The first kappa shape index (κ1) is 51.3. The van der Waals surface area contributed by atoms with Gasteiger partial charge in [0.2, 0.25) is 17.4 Å². The third-order valence-corrected chi connectivity index (χ3v) is 13.7. The van der Waals surface area contributed by atoms with Crippen LogP contribution in [0.25, 0.3) is 22.4 Å². The minimum atomic E-state index is -4.64. The van der Waals surface area contributed by atoms with E-state index in [1.54, 1.807) is 31.7 Å². The van der Waals surface area contributed by atoms with E-state index >= 15 is 0 Å². The van der Waals surface area contributed by atoms with E-state index in [-0.39, 0.29) is 34.6 Å². The average Bonchev–Trinajstić information content (AvgIpc) is 4.17. The molecule has 14 nitrogen and oxygen atoms in total. The summed E-state index contributed by atoms with van der Waals surface area (Å²) in [6.07, 6.45) is 19.1. The summed E-state index contributed by atoms with van der Waals surface area (Å²) in [5.74, 6) is 3.66. The summed E-state index contributed by atoms with van der Waals surface area (Å²) in [5, 5.41) is 16.7. The van der Waals surface area contributed by atoms with Crippen LogP contribution in [-0.2, 0) is 52.9 Å². The summed E-state index contributed by atoms with van der Waals surface area (Å²) in [6, 6.07) is 6.42. The Labute approximate surface area is 425 Å². The van der Waals surface area contributed by atoms with Crippen molar-refractivity contribution >= 4 is 51.5 Å². The van der Waals surface area contributed by atoms with Crippen molar-refractivity contribution in [3.63, 3.8) is 0 Å². The summed E-state index contributed by atoms with van der Waals surface area (Å²) in [7, 11) is 0. The highest BCUT2D eigenvalue weighted by atomic mass is 35.5. The first-order chi connectivity index (χ1) is 35.8. The number of halogens is 6. The highest BCUT2D eigenvalue weighted by Gasteiger charge is 2.34. The number of hydrogen-bond acceptors (Lipinski definition) is 11. The zero-order valence-electron chi connectivity index (χ0n) is 41.5. The van der Waals surface area contributed by atoms with Crippen LogP contribution in [0.2, 0.25) is 0 Å². The minimum Gasteiger partial charge on any atom is -0.493 e. The number of carbonyl (C=O) groups excluding carboxylic acids is 3. The van der Waals surface area contributed by atoms with Gasteiger partial charge in [-0.1, -0.05) is 26.0 Å². The normalized spacial score (nSPS) is 16.8. The minimum absolute atomic E-state index is 0.157. The lowest BCUT2D eigenvalue weighted by atomic mass is 9.95. The second kappa shape index (κ2) is 23.9. The van der Waals surface area contributed by atoms with Crippen molar-refractivity contribution < 1.29 is 47.2 Å². The average molecular weight is 1030 g/mol. The van der Waals surface area contributed by atoms with E-state index in [2.05, 4.69) is 37.5 Å². The Hall–Kier alpha value is -6.63. The zero-order chi connectivity index (χ0) is 52.4. The SMILES string of the molecule is Fc1ccc2c(c1CCc1ncc(C3=CCCCC3)c3nncn13)CCO2.O=C(C1CC1)N1CC=C(c2cnc(CCc3c(F)ccc4c3CCO4)n3cnnc23)CC1.O=C(Cl)C1CC1.O=CC(F)(F)F.[2H]CC. The molecule has 0 unspecified atom stereocenters. The zero-order valence-corrected chi connectivity index (χ0v) is 41.2. The second-order valence-corrected chi connectivity index (χ2v) is 18.6. The third-order valence-electron chi connectivity index (χ3n) is 13.4.